The van der Waals surface area contributed by atoms with Gasteiger partial charge in [0.15, 0.2) is 0 Å². The van der Waals surface area contributed by atoms with E-state index in [-0.39, 0.29) is 0 Å². The Morgan fingerprint density at radius 1 is 1.20 bits per heavy atom. The Bertz CT molecular complexity index is 556. The zero-order valence-electron chi connectivity index (χ0n) is 16.5. The van der Waals surface area contributed by atoms with Gasteiger partial charge in [0.1, 0.15) is 0 Å². The Balaban J connectivity index is 0.000000701. The number of thiocarbonyl (C=S) groups is 1. The van der Waals surface area contributed by atoms with Crippen molar-refractivity contribution in [1.29, 1.82) is 0 Å². The van der Waals surface area contributed by atoms with Gasteiger partial charge in [0.2, 0.25) is 0 Å². The lowest BCUT2D eigenvalue weighted by Gasteiger charge is -2.60. The van der Waals surface area contributed by atoms with Crippen LogP contribution in [0, 0.1) is 29.1 Å². The Morgan fingerprint density at radius 3 is 2.36 bits per heavy atom. The molecule has 5 atom stereocenters. The highest BCUT2D eigenvalue weighted by Gasteiger charge is 2.55. The van der Waals surface area contributed by atoms with Crippen molar-refractivity contribution in [2.75, 3.05) is 12.0 Å². The molecule has 140 valence electrons. The van der Waals surface area contributed by atoms with Crippen molar-refractivity contribution in [3.05, 3.63) is 35.9 Å². The van der Waals surface area contributed by atoms with Gasteiger partial charge in [-0.05, 0) is 71.3 Å². The Kier molecular flexibility index (Phi) is 7.01. The summed E-state index contributed by atoms with van der Waals surface area (Å²) in [7, 11) is 0. The Hall–Kier alpha value is -0.540. The summed E-state index contributed by atoms with van der Waals surface area (Å²) in [5.74, 6) is 4.77. The van der Waals surface area contributed by atoms with Gasteiger partial charge in [0.05, 0.1) is 5.49 Å². The zero-order chi connectivity index (χ0) is 18.7. The molecule has 2 bridgehead atoms. The van der Waals surface area contributed by atoms with E-state index < -0.39 is 0 Å². The van der Waals surface area contributed by atoms with E-state index in [9.17, 15) is 0 Å². The third-order valence-corrected chi connectivity index (χ3v) is 7.60. The van der Waals surface area contributed by atoms with Crippen LogP contribution in [-0.2, 0) is 5.41 Å². The predicted molar refractivity (Wildman–Crippen MR) is 117 cm³/mol. The lowest BCUT2D eigenvalue weighted by molar-refractivity contribution is -0.0470. The molecule has 0 heterocycles. The average Bonchev–Trinajstić information content (AvgIpc) is 2.57. The molecule has 1 aromatic carbocycles. The smallest absolute Gasteiger partial charge is 0.0588 e. The minimum Gasteiger partial charge on any atom is -0.396 e. The summed E-state index contributed by atoms with van der Waals surface area (Å²) in [4.78, 5) is 0. The first-order chi connectivity index (χ1) is 11.8. The van der Waals surface area contributed by atoms with Crippen LogP contribution in [0.1, 0.15) is 52.5 Å². The first kappa shape index (κ1) is 20.8. The quantitative estimate of drug-likeness (QED) is 0.662. The SMILES string of the molecule is CSCC1C2CC(C)(C)CC(c3ccccc3)(C2)C(C)C1C.NC=S. The van der Waals surface area contributed by atoms with Gasteiger partial charge in [-0.25, -0.2) is 0 Å². The first-order valence-corrected chi connectivity index (χ1v) is 11.4. The molecular weight excluding hydrogens is 342 g/mol. The maximum Gasteiger partial charge on any atom is 0.0588 e. The van der Waals surface area contributed by atoms with Crippen molar-refractivity contribution in [2.45, 2.75) is 52.4 Å². The molecule has 0 amide bonds. The average molecular weight is 378 g/mol. The predicted octanol–water partition coefficient (Wildman–Crippen LogP) is 5.92. The van der Waals surface area contributed by atoms with Crippen LogP contribution < -0.4 is 5.73 Å². The standard InChI is InChI=1S/C21H32S.CH3NS/c1-15-16(2)21(18-9-7-6-8-10-18)12-17(19(15)13-22-5)11-20(3,4)14-21;2-1-3/h6-10,15-17,19H,11-14H2,1-5H3;1H,(H2,2,3). The van der Waals surface area contributed by atoms with E-state index in [0.29, 0.717) is 10.8 Å². The number of fused-ring (bicyclic) bond motifs is 2. The summed E-state index contributed by atoms with van der Waals surface area (Å²) in [6.45, 7) is 10.1. The minimum atomic E-state index is 0.405. The fourth-order valence-corrected chi connectivity index (χ4v) is 6.89. The third-order valence-electron chi connectivity index (χ3n) is 6.88. The summed E-state index contributed by atoms with van der Waals surface area (Å²) in [5.41, 5.74) is 8.11. The number of thioether (sulfide) groups is 1. The van der Waals surface area contributed by atoms with Gasteiger partial charge >= 0.3 is 0 Å². The van der Waals surface area contributed by atoms with Gasteiger partial charge in [0, 0.05) is 0 Å². The van der Waals surface area contributed by atoms with Crippen LogP contribution in [0.15, 0.2) is 30.3 Å². The third kappa shape index (κ3) is 4.24. The first-order valence-electron chi connectivity index (χ1n) is 9.51. The number of benzene rings is 1. The van der Waals surface area contributed by atoms with Gasteiger partial charge < -0.3 is 5.73 Å². The maximum atomic E-state index is 4.54. The molecule has 0 spiro atoms. The number of nitrogens with two attached hydrogens (primary N) is 1. The van der Waals surface area contributed by atoms with Crippen molar-refractivity contribution < 1.29 is 0 Å². The Morgan fingerprint density at radius 2 is 1.80 bits per heavy atom. The largest absolute Gasteiger partial charge is 0.396 e. The zero-order valence-corrected chi connectivity index (χ0v) is 18.1. The number of hydrogen-bond donors (Lipinski definition) is 1. The second-order valence-electron chi connectivity index (χ2n) is 8.93. The molecule has 0 aromatic heterocycles. The van der Waals surface area contributed by atoms with Gasteiger partial charge in [0.25, 0.3) is 0 Å². The molecule has 3 heteroatoms. The fraction of sp³-hybridized carbons (Fsp3) is 0.682. The summed E-state index contributed by atoms with van der Waals surface area (Å²) in [6, 6.07) is 11.4. The summed E-state index contributed by atoms with van der Waals surface area (Å²) >= 11 is 6.10. The van der Waals surface area contributed by atoms with Crippen molar-refractivity contribution in [1.82, 2.24) is 0 Å². The summed E-state index contributed by atoms with van der Waals surface area (Å²) < 4.78 is 0. The van der Waals surface area contributed by atoms with Crippen LogP contribution in [0.3, 0.4) is 0 Å². The van der Waals surface area contributed by atoms with E-state index in [1.165, 1.54) is 25.0 Å². The molecule has 2 aliphatic carbocycles. The maximum absolute atomic E-state index is 4.54. The van der Waals surface area contributed by atoms with Crippen molar-refractivity contribution >= 4 is 29.5 Å². The minimum absolute atomic E-state index is 0.405. The number of hydrogen-bond acceptors (Lipinski definition) is 2. The van der Waals surface area contributed by atoms with E-state index >= 15 is 0 Å². The molecule has 0 aliphatic heterocycles. The van der Waals surface area contributed by atoms with Crippen molar-refractivity contribution in [2.24, 2.45) is 34.8 Å². The van der Waals surface area contributed by atoms with Crippen molar-refractivity contribution in [3.8, 4) is 0 Å². The van der Waals surface area contributed by atoms with Gasteiger partial charge in [-0.2, -0.15) is 11.8 Å². The number of rotatable bonds is 3. The van der Waals surface area contributed by atoms with Gasteiger partial charge in [-0.3, -0.25) is 0 Å². The molecule has 0 saturated heterocycles. The molecule has 3 rings (SSSR count). The highest BCUT2D eigenvalue weighted by molar-refractivity contribution is 7.98. The highest BCUT2D eigenvalue weighted by atomic mass is 32.2. The van der Waals surface area contributed by atoms with E-state index in [4.69, 9.17) is 0 Å². The van der Waals surface area contributed by atoms with E-state index in [1.54, 1.807) is 5.56 Å². The highest BCUT2D eigenvalue weighted by Crippen LogP contribution is 2.62. The molecular formula is C22H35NS2. The molecule has 5 unspecified atom stereocenters. The molecule has 2 saturated carbocycles. The van der Waals surface area contributed by atoms with Crippen LogP contribution >= 0.6 is 24.0 Å². The monoisotopic (exact) mass is 377 g/mol. The molecule has 1 aromatic rings. The molecule has 1 nitrogen and oxygen atoms in total. The summed E-state index contributed by atoms with van der Waals surface area (Å²) in [6.07, 6.45) is 6.48. The lowest BCUT2D eigenvalue weighted by atomic mass is 9.45. The van der Waals surface area contributed by atoms with E-state index in [2.05, 4.69) is 94.0 Å². The van der Waals surface area contributed by atoms with Crippen LogP contribution in [0.4, 0.5) is 0 Å². The van der Waals surface area contributed by atoms with Crippen LogP contribution in [0.2, 0.25) is 0 Å². The molecule has 25 heavy (non-hydrogen) atoms. The van der Waals surface area contributed by atoms with Crippen LogP contribution in [0.25, 0.3) is 0 Å². The van der Waals surface area contributed by atoms with E-state index in [0.717, 1.165) is 29.2 Å². The molecule has 0 radical (unpaired) electrons. The summed E-state index contributed by atoms with van der Waals surface area (Å²) in [5, 5.41) is 0. The van der Waals surface area contributed by atoms with Gasteiger partial charge in [-0.1, -0.05) is 70.2 Å². The second-order valence-corrected chi connectivity index (χ2v) is 10.1. The van der Waals surface area contributed by atoms with Crippen LogP contribution in [0.5, 0.6) is 0 Å². The van der Waals surface area contributed by atoms with Crippen molar-refractivity contribution in [3.63, 3.8) is 0 Å². The lowest BCUT2D eigenvalue weighted by Crippen LogP contribution is -2.55. The normalized spacial score (nSPS) is 36.0. The molecule has 2 N–H and O–H groups in total. The molecule has 2 fully saturated rings. The van der Waals surface area contributed by atoms with E-state index in [1.807, 2.05) is 0 Å². The fourth-order valence-electron chi connectivity index (χ4n) is 5.93. The topological polar surface area (TPSA) is 26.0 Å². The molecule has 2 aliphatic rings. The Labute approximate surface area is 164 Å². The van der Waals surface area contributed by atoms with Gasteiger partial charge in [-0.15, -0.1) is 0 Å². The van der Waals surface area contributed by atoms with Crippen LogP contribution in [-0.4, -0.2) is 17.5 Å². The second kappa shape index (κ2) is 8.43.